The molecule has 154 valence electrons. The molecule has 0 atom stereocenters. The Balaban J connectivity index is 1.83. The maximum absolute atomic E-state index is 13.3. The summed E-state index contributed by atoms with van der Waals surface area (Å²) in [6, 6.07) is 1.87. The number of nitrogens with two attached hydrogens (primary N) is 1. The van der Waals surface area contributed by atoms with Gasteiger partial charge in [0.2, 0.25) is 5.95 Å². The minimum Gasteiger partial charge on any atom is -0.478 e. The first-order chi connectivity index (χ1) is 14.2. The zero-order chi connectivity index (χ0) is 21.7. The number of fused-ring (bicyclic) bond motifs is 1. The molecule has 1 amide bonds. The summed E-state index contributed by atoms with van der Waals surface area (Å²) in [5.74, 6) is -1.19. The number of carbonyl (C=O) groups excluding carboxylic acids is 1. The molecule has 1 aliphatic rings. The Kier molecular flexibility index (Phi) is 4.58. The summed E-state index contributed by atoms with van der Waals surface area (Å²) in [5, 5.41) is 13.7. The number of aromatic carboxylic acids is 1. The van der Waals surface area contributed by atoms with E-state index in [0.29, 0.717) is 22.5 Å². The molecule has 4 heterocycles. The van der Waals surface area contributed by atoms with Crippen LogP contribution in [0.15, 0.2) is 12.3 Å². The summed E-state index contributed by atoms with van der Waals surface area (Å²) in [5.41, 5.74) is 9.05. The van der Waals surface area contributed by atoms with Crippen molar-refractivity contribution in [3.05, 3.63) is 51.2 Å². The molecule has 4 rings (SSSR count). The van der Waals surface area contributed by atoms with Gasteiger partial charge in [-0.1, -0.05) is 11.6 Å². The maximum atomic E-state index is 13.3. The number of carboxylic acid groups (broad SMARTS) is 1. The first-order valence-electron chi connectivity index (χ1n) is 8.95. The van der Waals surface area contributed by atoms with Crippen LogP contribution < -0.4 is 10.6 Å². The fourth-order valence-corrected chi connectivity index (χ4v) is 3.67. The van der Waals surface area contributed by atoms with E-state index < -0.39 is 5.97 Å². The number of H-pyrrole nitrogens is 1. The Hall–Kier alpha value is -3.66. The van der Waals surface area contributed by atoms with Gasteiger partial charge in [0.05, 0.1) is 28.9 Å². The lowest BCUT2D eigenvalue weighted by Crippen LogP contribution is -2.26. The molecule has 30 heavy (non-hydrogen) atoms. The molecule has 0 aromatic carbocycles. The predicted molar refractivity (Wildman–Crippen MR) is 111 cm³/mol. The third-order valence-electron chi connectivity index (χ3n) is 5.05. The number of rotatable bonds is 4. The summed E-state index contributed by atoms with van der Waals surface area (Å²) < 4.78 is 1.71. The Labute approximate surface area is 176 Å². The number of nitrogen functional groups attached to an aromatic ring is 1. The number of aromatic amines is 1. The molecule has 10 nitrogen and oxygen atoms in total. The summed E-state index contributed by atoms with van der Waals surface area (Å²) in [7, 11) is 1.81. The predicted octanol–water partition coefficient (Wildman–Crippen LogP) is 2.18. The first-order valence-corrected chi connectivity index (χ1v) is 9.33. The number of aromatic nitrogens is 5. The lowest BCUT2D eigenvalue weighted by molar-refractivity contribution is -0.113. The Bertz CT molecular complexity index is 1220. The van der Waals surface area contributed by atoms with E-state index in [4.69, 9.17) is 17.3 Å². The lowest BCUT2D eigenvalue weighted by atomic mass is 10.1. The average Bonchev–Trinajstić information content (AvgIpc) is 3.26. The molecule has 0 unspecified atom stereocenters. The highest BCUT2D eigenvalue weighted by Crippen LogP contribution is 2.41. The van der Waals surface area contributed by atoms with Gasteiger partial charge in [-0.05, 0) is 31.6 Å². The second-order valence-electron chi connectivity index (χ2n) is 6.97. The molecule has 0 aliphatic carbocycles. The number of aryl methyl sites for hydroxylation is 2. The third-order valence-corrected chi connectivity index (χ3v) is 5.32. The van der Waals surface area contributed by atoms with Crippen LogP contribution >= 0.6 is 11.6 Å². The van der Waals surface area contributed by atoms with Gasteiger partial charge in [-0.2, -0.15) is 10.1 Å². The van der Waals surface area contributed by atoms with Crippen molar-refractivity contribution in [2.45, 2.75) is 20.4 Å². The lowest BCUT2D eigenvalue weighted by Gasteiger charge is -2.14. The standard InChI is InChI=1S/C19H18ClN7O3/c1-8-4-10(25-26(8)3)7-27-16-14(15(20)23-19(21)24-16)11(17(27)28)5-13-9(2)12(6-22-13)18(29)30/h4-6,22H,7H2,1-3H3,(H,29,30)(H2,21,23,24)/b11-5-. The second-order valence-corrected chi connectivity index (χ2v) is 7.33. The van der Waals surface area contributed by atoms with Crippen molar-refractivity contribution in [1.29, 1.82) is 0 Å². The van der Waals surface area contributed by atoms with Crippen LogP contribution in [0.2, 0.25) is 5.15 Å². The van der Waals surface area contributed by atoms with E-state index in [9.17, 15) is 14.7 Å². The first kappa shape index (κ1) is 19.6. The number of halogens is 1. The minimum absolute atomic E-state index is 0.0412. The van der Waals surface area contributed by atoms with Gasteiger partial charge in [0.15, 0.2) is 5.82 Å². The molecular weight excluding hydrogens is 410 g/mol. The van der Waals surface area contributed by atoms with Gasteiger partial charge in [0.25, 0.3) is 5.91 Å². The fourth-order valence-electron chi connectivity index (χ4n) is 3.40. The van der Waals surface area contributed by atoms with Gasteiger partial charge in [0, 0.05) is 24.6 Å². The molecule has 4 N–H and O–H groups in total. The van der Waals surface area contributed by atoms with E-state index in [0.717, 1.165) is 5.69 Å². The Morgan fingerprint density at radius 1 is 1.37 bits per heavy atom. The van der Waals surface area contributed by atoms with Crippen molar-refractivity contribution in [1.82, 2.24) is 24.7 Å². The monoisotopic (exact) mass is 427 g/mol. The smallest absolute Gasteiger partial charge is 0.337 e. The largest absolute Gasteiger partial charge is 0.478 e. The number of hydrogen-bond acceptors (Lipinski definition) is 6. The molecular formula is C19H18ClN7O3. The van der Waals surface area contributed by atoms with Gasteiger partial charge in [0.1, 0.15) is 5.15 Å². The summed E-state index contributed by atoms with van der Waals surface area (Å²) >= 11 is 6.32. The van der Waals surface area contributed by atoms with E-state index >= 15 is 0 Å². The number of hydrogen-bond donors (Lipinski definition) is 3. The molecule has 0 spiro atoms. The van der Waals surface area contributed by atoms with Crippen LogP contribution in [0.3, 0.4) is 0 Å². The Morgan fingerprint density at radius 2 is 2.10 bits per heavy atom. The molecule has 3 aromatic rings. The third kappa shape index (κ3) is 3.11. The van der Waals surface area contributed by atoms with Gasteiger partial charge in [-0.25, -0.2) is 9.78 Å². The second kappa shape index (κ2) is 6.99. The summed E-state index contributed by atoms with van der Waals surface area (Å²) in [6.45, 7) is 3.73. The number of nitrogens with one attached hydrogen (secondary N) is 1. The number of amides is 1. The SMILES string of the molecule is Cc1c(C(=O)O)c[nH]c1/C=C1\C(=O)N(Cc2cc(C)n(C)n2)c2nc(N)nc(Cl)c21. The van der Waals surface area contributed by atoms with Gasteiger partial charge >= 0.3 is 5.97 Å². The topological polar surface area (TPSA) is 143 Å². The van der Waals surface area contributed by atoms with Gasteiger partial charge in [-0.15, -0.1) is 0 Å². The van der Waals surface area contributed by atoms with Crippen molar-refractivity contribution in [3.8, 4) is 0 Å². The summed E-state index contributed by atoms with van der Waals surface area (Å²) in [6.07, 6.45) is 2.93. The zero-order valence-corrected chi connectivity index (χ0v) is 17.2. The Morgan fingerprint density at radius 3 is 2.70 bits per heavy atom. The molecule has 3 aromatic heterocycles. The number of carbonyl (C=O) groups is 2. The molecule has 0 fully saturated rings. The van der Waals surface area contributed by atoms with Gasteiger partial charge < -0.3 is 15.8 Å². The van der Waals surface area contributed by atoms with Crippen LogP contribution in [0.4, 0.5) is 11.8 Å². The van der Waals surface area contributed by atoms with E-state index in [-0.39, 0.29) is 40.5 Å². The van der Waals surface area contributed by atoms with Crippen LogP contribution in [0.5, 0.6) is 0 Å². The molecule has 11 heteroatoms. The maximum Gasteiger partial charge on any atom is 0.337 e. The summed E-state index contributed by atoms with van der Waals surface area (Å²) in [4.78, 5) is 37.2. The van der Waals surface area contributed by atoms with Crippen molar-refractivity contribution >= 4 is 46.9 Å². The number of carboxylic acids is 1. The quantitative estimate of drug-likeness (QED) is 0.427. The normalized spacial score (nSPS) is 14.6. The molecule has 0 radical (unpaired) electrons. The van der Waals surface area contributed by atoms with Crippen LogP contribution in [0.1, 0.15) is 38.6 Å². The average molecular weight is 428 g/mol. The molecule has 1 aliphatic heterocycles. The van der Waals surface area contributed by atoms with Crippen molar-refractivity contribution in [3.63, 3.8) is 0 Å². The van der Waals surface area contributed by atoms with Crippen LogP contribution in [-0.2, 0) is 18.4 Å². The van der Waals surface area contributed by atoms with E-state index in [1.165, 1.54) is 11.1 Å². The van der Waals surface area contributed by atoms with Crippen molar-refractivity contribution in [2.75, 3.05) is 10.6 Å². The van der Waals surface area contributed by atoms with Gasteiger partial charge in [-0.3, -0.25) is 14.4 Å². The highest BCUT2D eigenvalue weighted by Gasteiger charge is 2.37. The van der Waals surface area contributed by atoms with Crippen LogP contribution in [-0.4, -0.2) is 41.7 Å². The van der Waals surface area contributed by atoms with E-state index in [1.807, 2.05) is 20.0 Å². The van der Waals surface area contributed by atoms with Crippen LogP contribution in [0, 0.1) is 13.8 Å². The van der Waals surface area contributed by atoms with Crippen molar-refractivity contribution in [2.24, 2.45) is 7.05 Å². The van der Waals surface area contributed by atoms with E-state index in [1.54, 1.807) is 17.7 Å². The number of anilines is 2. The highest BCUT2D eigenvalue weighted by molar-refractivity contribution is 6.41. The highest BCUT2D eigenvalue weighted by atomic mass is 35.5. The molecule has 0 saturated heterocycles. The van der Waals surface area contributed by atoms with Crippen molar-refractivity contribution < 1.29 is 14.7 Å². The molecule has 0 bridgehead atoms. The molecule has 0 saturated carbocycles. The fraction of sp³-hybridized carbons (Fsp3) is 0.211. The minimum atomic E-state index is -1.06. The van der Waals surface area contributed by atoms with E-state index in [2.05, 4.69) is 20.1 Å². The van der Waals surface area contributed by atoms with Crippen LogP contribution in [0.25, 0.3) is 11.6 Å². The zero-order valence-electron chi connectivity index (χ0n) is 16.4. The number of nitrogens with zero attached hydrogens (tertiary/aromatic N) is 5.